The van der Waals surface area contributed by atoms with Gasteiger partial charge in [-0.2, -0.15) is 0 Å². The Labute approximate surface area is 198 Å². The summed E-state index contributed by atoms with van der Waals surface area (Å²) < 4.78 is 11.2. The Balaban J connectivity index is 1.22. The average molecular weight is 453 g/mol. The first-order valence-corrected chi connectivity index (χ1v) is 13.4. The van der Waals surface area contributed by atoms with Crippen molar-refractivity contribution < 1.29 is 19.1 Å². The molecular formula is C29H40O4. The molecule has 180 valence electrons. The van der Waals surface area contributed by atoms with Crippen molar-refractivity contribution in [3.63, 3.8) is 0 Å². The van der Waals surface area contributed by atoms with Crippen molar-refractivity contribution in [3.05, 3.63) is 30.3 Å². The quantitative estimate of drug-likeness (QED) is 0.491. The zero-order valence-corrected chi connectivity index (χ0v) is 20.3. The van der Waals surface area contributed by atoms with Crippen LogP contribution in [0.1, 0.15) is 71.1 Å². The molecule has 0 radical (unpaired) electrons. The molecule has 4 nitrogen and oxygen atoms in total. The van der Waals surface area contributed by atoms with Crippen molar-refractivity contribution in [2.45, 2.75) is 77.2 Å². The molecule has 0 aliphatic heterocycles. The summed E-state index contributed by atoms with van der Waals surface area (Å²) in [7, 11) is 1.46. The van der Waals surface area contributed by atoms with Gasteiger partial charge in [-0.05, 0) is 105 Å². The Morgan fingerprint density at radius 1 is 0.970 bits per heavy atom. The summed E-state index contributed by atoms with van der Waals surface area (Å²) >= 11 is 0. The topological polar surface area (TPSA) is 52.6 Å². The van der Waals surface area contributed by atoms with E-state index >= 15 is 0 Å². The van der Waals surface area contributed by atoms with Gasteiger partial charge in [-0.25, -0.2) is 0 Å². The predicted octanol–water partition coefficient (Wildman–Crippen LogP) is 6.08. The number of ether oxygens (including phenoxy) is 2. The molecule has 4 heteroatoms. The maximum absolute atomic E-state index is 13.5. The number of ketones is 1. The molecule has 4 aliphatic rings. The lowest BCUT2D eigenvalue weighted by atomic mass is 9.52. The number of Topliss-reactive ketones (excluding diaryl/α,β-unsaturated/α-hetero) is 1. The normalized spacial score (nSPS) is 38.5. The van der Waals surface area contributed by atoms with E-state index in [2.05, 4.69) is 19.1 Å². The number of carbonyl (C=O) groups excluding carboxylic acids is 2. The zero-order chi connectivity index (χ0) is 22.9. The minimum absolute atomic E-state index is 0.128. The van der Waals surface area contributed by atoms with E-state index in [1.807, 2.05) is 18.2 Å². The first-order valence-electron chi connectivity index (χ1n) is 13.4. The van der Waals surface area contributed by atoms with Crippen LogP contribution in [0.4, 0.5) is 0 Å². The number of hydrogen-bond acceptors (Lipinski definition) is 4. The number of methoxy groups -OCH3 is 1. The van der Waals surface area contributed by atoms with Crippen LogP contribution >= 0.6 is 0 Å². The second-order valence-electron chi connectivity index (χ2n) is 11.4. The van der Waals surface area contributed by atoms with Gasteiger partial charge in [-0.15, -0.1) is 0 Å². The van der Waals surface area contributed by atoms with Crippen molar-refractivity contribution >= 4 is 11.8 Å². The van der Waals surface area contributed by atoms with Gasteiger partial charge in [0, 0.05) is 18.8 Å². The van der Waals surface area contributed by atoms with Gasteiger partial charge in [0.2, 0.25) is 0 Å². The third-order valence-corrected chi connectivity index (χ3v) is 9.89. The standard InChI is InChI=1S/C29H40O4/c1-18(8-15-28(31)32-2)22-13-14-25-24-11-9-19-16-21(33-20-6-4-3-5-7-20)10-12-23(19)26(24)17-27(30)29(22)25/h3-7,18-19,21-26,29H,8-17H2,1-2H3. The van der Waals surface area contributed by atoms with Crippen LogP contribution in [0.25, 0.3) is 0 Å². The highest BCUT2D eigenvalue weighted by Gasteiger charge is 2.55. The van der Waals surface area contributed by atoms with Gasteiger partial charge in [-0.1, -0.05) is 25.1 Å². The summed E-state index contributed by atoms with van der Waals surface area (Å²) in [5, 5.41) is 0. The van der Waals surface area contributed by atoms with Crippen molar-refractivity contribution in [2.75, 3.05) is 7.11 Å². The van der Waals surface area contributed by atoms with Gasteiger partial charge in [0.15, 0.2) is 0 Å². The number of benzene rings is 1. The molecule has 33 heavy (non-hydrogen) atoms. The van der Waals surface area contributed by atoms with Crippen LogP contribution in [0.5, 0.6) is 5.75 Å². The third kappa shape index (κ3) is 4.59. The van der Waals surface area contributed by atoms with E-state index in [0.717, 1.165) is 43.8 Å². The Bertz CT molecular complexity index is 835. The Morgan fingerprint density at radius 2 is 1.73 bits per heavy atom. The van der Waals surface area contributed by atoms with E-state index in [-0.39, 0.29) is 11.9 Å². The van der Waals surface area contributed by atoms with Gasteiger partial charge >= 0.3 is 5.97 Å². The minimum Gasteiger partial charge on any atom is -0.490 e. The van der Waals surface area contributed by atoms with Crippen LogP contribution in [0.15, 0.2) is 30.3 Å². The van der Waals surface area contributed by atoms with Gasteiger partial charge in [0.1, 0.15) is 11.5 Å². The molecule has 9 unspecified atom stereocenters. The highest BCUT2D eigenvalue weighted by molar-refractivity contribution is 5.83. The summed E-state index contributed by atoms with van der Waals surface area (Å²) in [5.74, 6) is 5.86. The Morgan fingerprint density at radius 3 is 2.52 bits per heavy atom. The molecule has 1 aromatic carbocycles. The molecular weight excluding hydrogens is 412 g/mol. The molecule has 0 heterocycles. The van der Waals surface area contributed by atoms with Crippen LogP contribution < -0.4 is 4.74 Å². The molecule has 4 fully saturated rings. The molecule has 0 aromatic heterocycles. The number of carbonyl (C=O) groups is 2. The van der Waals surface area contributed by atoms with Crippen LogP contribution in [0, 0.1) is 47.3 Å². The Kier molecular flexibility index (Phi) is 6.81. The van der Waals surface area contributed by atoms with Crippen molar-refractivity contribution in [2.24, 2.45) is 47.3 Å². The van der Waals surface area contributed by atoms with E-state index in [0.29, 0.717) is 53.8 Å². The van der Waals surface area contributed by atoms with Gasteiger partial charge < -0.3 is 9.47 Å². The average Bonchev–Trinajstić information content (AvgIpc) is 3.29. The summed E-state index contributed by atoms with van der Waals surface area (Å²) in [6, 6.07) is 10.2. The van der Waals surface area contributed by atoms with Crippen molar-refractivity contribution in [1.82, 2.24) is 0 Å². The smallest absolute Gasteiger partial charge is 0.305 e. The number of fused-ring (bicyclic) bond motifs is 5. The van der Waals surface area contributed by atoms with Gasteiger partial charge in [0.25, 0.3) is 0 Å². The van der Waals surface area contributed by atoms with Gasteiger partial charge in [0.05, 0.1) is 13.2 Å². The maximum Gasteiger partial charge on any atom is 0.305 e. The van der Waals surface area contributed by atoms with Crippen molar-refractivity contribution in [3.8, 4) is 5.75 Å². The fourth-order valence-corrected chi connectivity index (χ4v) is 8.40. The van der Waals surface area contributed by atoms with Crippen LogP contribution in [0.3, 0.4) is 0 Å². The summed E-state index contributed by atoms with van der Waals surface area (Å²) in [5.41, 5.74) is 0. The first-order chi connectivity index (χ1) is 16.0. The number of rotatable bonds is 6. The molecule has 0 amide bonds. The predicted molar refractivity (Wildman–Crippen MR) is 128 cm³/mol. The van der Waals surface area contributed by atoms with E-state index in [1.165, 1.54) is 32.8 Å². The SMILES string of the molecule is COC(=O)CCC(C)C1CCC2C3CCC4CC(Oc5ccccc5)CCC4C3CC(=O)C12. The second-order valence-corrected chi connectivity index (χ2v) is 11.4. The zero-order valence-electron chi connectivity index (χ0n) is 20.3. The second kappa shape index (κ2) is 9.80. The van der Waals surface area contributed by atoms with Gasteiger partial charge in [-0.3, -0.25) is 9.59 Å². The number of para-hydroxylation sites is 1. The lowest BCUT2D eigenvalue weighted by Gasteiger charge is -2.52. The molecule has 1 aromatic rings. The van der Waals surface area contributed by atoms with Crippen LogP contribution in [-0.2, 0) is 14.3 Å². The molecule has 9 atom stereocenters. The van der Waals surface area contributed by atoms with Crippen molar-refractivity contribution in [1.29, 1.82) is 0 Å². The molecule has 5 rings (SSSR count). The van der Waals surface area contributed by atoms with E-state index < -0.39 is 0 Å². The highest BCUT2D eigenvalue weighted by atomic mass is 16.5. The fraction of sp³-hybridized carbons (Fsp3) is 0.724. The van der Waals surface area contributed by atoms with E-state index in [4.69, 9.17) is 9.47 Å². The lowest BCUT2D eigenvalue weighted by Crippen LogP contribution is -2.49. The van der Waals surface area contributed by atoms with E-state index in [1.54, 1.807) is 0 Å². The first kappa shape index (κ1) is 22.9. The molecule has 0 saturated heterocycles. The monoisotopic (exact) mass is 452 g/mol. The fourth-order valence-electron chi connectivity index (χ4n) is 8.40. The summed E-state index contributed by atoms with van der Waals surface area (Å²) in [6.07, 6.45) is 10.9. The molecule has 4 saturated carbocycles. The summed E-state index contributed by atoms with van der Waals surface area (Å²) in [6.45, 7) is 2.25. The molecule has 4 aliphatic carbocycles. The number of esters is 1. The molecule has 0 bridgehead atoms. The van der Waals surface area contributed by atoms with Crippen LogP contribution in [-0.4, -0.2) is 25.0 Å². The largest absolute Gasteiger partial charge is 0.490 e. The maximum atomic E-state index is 13.5. The highest BCUT2D eigenvalue weighted by Crippen LogP contribution is 2.59. The summed E-state index contributed by atoms with van der Waals surface area (Å²) in [4.78, 5) is 25.1. The number of hydrogen-bond donors (Lipinski definition) is 0. The lowest BCUT2D eigenvalue weighted by molar-refractivity contribution is -0.141. The Hall–Kier alpha value is -1.84. The third-order valence-electron chi connectivity index (χ3n) is 9.89. The van der Waals surface area contributed by atoms with Crippen LogP contribution in [0.2, 0.25) is 0 Å². The van der Waals surface area contributed by atoms with E-state index in [9.17, 15) is 9.59 Å². The molecule has 0 spiro atoms. The molecule has 0 N–H and O–H groups in total. The minimum atomic E-state index is -0.128.